The van der Waals surface area contributed by atoms with Crippen molar-refractivity contribution in [2.45, 2.75) is 54.6 Å². The lowest BCUT2D eigenvalue weighted by molar-refractivity contribution is -0.0126. The fourth-order valence-electron chi connectivity index (χ4n) is 4.30. The van der Waals surface area contributed by atoms with Gasteiger partial charge in [0.25, 0.3) is 6.43 Å². The molecule has 0 saturated carbocycles. The van der Waals surface area contributed by atoms with Gasteiger partial charge < -0.3 is 18.9 Å². The number of halogens is 2. The normalized spacial score (nSPS) is 11.0. The fourth-order valence-corrected chi connectivity index (χ4v) is 4.30. The Kier molecular flexibility index (Phi) is 9.22. The van der Waals surface area contributed by atoms with Crippen molar-refractivity contribution >= 4 is 11.9 Å². The molecule has 0 aliphatic heterocycles. The molecule has 202 valence electrons. The van der Waals surface area contributed by atoms with Crippen molar-refractivity contribution in [3.63, 3.8) is 0 Å². The average Bonchev–Trinajstić information content (AvgIpc) is 2.89. The number of alkyl halides is 2. The highest BCUT2D eigenvalue weighted by molar-refractivity contribution is 5.97. The number of ether oxygens (including phenoxy) is 4. The third kappa shape index (κ3) is 5.86. The van der Waals surface area contributed by atoms with Gasteiger partial charge in [-0.25, -0.2) is 18.4 Å². The third-order valence-electron chi connectivity index (χ3n) is 6.82. The Balaban J connectivity index is 1.99. The second-order valence-electron chi connectivity index (χ2n) is 9.10. The SMILES string of the molecule is COCOC(=O)c1c(C)c(C)c(OC(=O)c2c(C(F)F)cc(OCc3ccccc3)c(C)c2C)c(C)c1C. The summed E-state index contributed by atoms with van der Waals surface area (Å²) in [6.45, 7) is 10.1. The summed E-state index contributed by atoms with van der Waals surface area (Å²) < 4.78 is 49.9. The molecule has 0 radical (unpaired) electrons. The first-order chi connectivity index (χ1) is 18.0. The van der Waals surface area contributed by atoms with Crippen molar-refractivity contribution in [3.05, 3.63) is 92.0 Å². The Bertz CT molecular complexity index is 1320. The van der Waals surface area contributed by atoms with Crippen molar-refractivity contribution < 1.29 is 37.3 Å². The molecule has 38 heavy (non-hydrogen) atoms. The van der Waals surface area contributed by atoms with E-state index in [9.17, 15) is 18.4 Å². The van der Waals surface area contributed by atoms with Gasteiger partial charge in [0.05, 0.1) is 11.1 Å². The predicted octanol–water partition coefficient (Wildman–Crippen LogP) is 7.03. The van der Waals surface area contributed by atoms with E-state index in [1.807, 2.05) is 30.3 Å². The molecule has 0 aliphatic carbocycles. The van der Waals surface area contributed by atoms with Crippen LogP contribution in [0.3, 0.4) is 0 Å². The smallest absolute Gasteiger partial charge is 0.344 e. The molecule has 0 heterocycles. The van der Waals surface area contributed by atoms with Crippen LogP contribution in [-0.2, 0) is 16.1 Å². The summed E-state index contributed by atoms with van der Waals surface area (Å²) in [6.07, 6.45) is -2.93. The lowest BCUT2D eigenvalue weighted by Crippen LogP contribution is -2.18. The minimum Gasteiger partial charge on any atom is -0.489 e. The summed E-state index contributed by atoms with van der Waals surface area (Å²) in [7, 11) is 1.41. The van der Waals surface area contributed by atoms with Crippen LogP contribution < -0.4 is 9.47 Å². The number of methoxy groups -OCH3 is 1. The first-order valence-corrected chi connectivity index (χ1v) is 12.1. The van der Waals surface area contributed by atoms with Gasteiger partial charge in [0.1, 0.15) is 18.1 Å². The minimum absolute atomic E-state index is 0.198. The van der Waals surface area contributed by atoms with E-state index in [2.05, 4.69) is 0 Å². The highest BCUT2D eigenvalue weighted by Crippen LogP contribution is 2.37. The molecule has 8 heteroatoms. The molecular weight excluding hydrogens is 494 g/mol. The predicted molar refractivity (Wildman–Crippen MR) is 139 cm³/mol. The van der Waals surface area contributed by atoms with Gasteiger partial charge in [0, 0.05) is 12.7 Å². The van der Waals surface area contributed by atoms with Crippen LogP contribution in [0.2, 0.25) is 0 Å². The van der Waals surface area contributed by atoms with E-state index in [0.29, 0.717) is 38.9 Å². The number of carbonyl (C=O) groups is 2. The molecule has 0 unspecified atom stereocenters. The zero-order chi connectivity index (χ0) is 28.1. The quantitative estimate of drug-likeness (QED) is 0.169. The summed E-state index contributed by atoms with van der Waals surface area (Å²) in [4.78, 5) is 26.0. The second kappa shape index (κ2) is 12.2. The Morgan fingerprint density at radius 3 is 1.92 bits per heavy atom. The molecule has 0 bridgehead atoms. The van der Waals surface area contributed by atoms with Crippen molar-refractivity contribution in [3.8, 4) is 11.5 Å². The van der Waals surface area contributed by atoms with Crippen LogP contribution in [-0.4, -0.2) is 25.8 Å². The molecule has 0 saturated heterocycles. The highest BCUT2D eigenvalue weighted by atomic mass is 19.3. The number of hydrogen-bond donors (Lipinski definition) is 0. The van der Waals surface area contributed by atoms with Crippen LogP contribution in [0.4, 0.5) is 8.78 Å². The fraction of sp³-hybridized carbons (Fsp3) is 0.333. The molecule has 0 atom stereocenters. The maximum atomic E-state index is 14.2. The molecular formula is C30H32F2O6. The molecule has 0 N–H and O–H groups in total. The first-order valence-electron chi connectivity index (χ1n) is 12.1. The first kappa shape index (κ1) is 28.8. The maximum Gasteiger partial charge on any atom is 0.344 e. The molecule has 0 aliphatic rings. The highest BCUT2D eigenvalue weighted by Gasteiger charge is 2.28. The number of carbonyl (C=O) groups excluding carboxylic acids is 2. The summed E-state index contributed by atoms with van der Waals surface area (Å²) in [5.41, 5.74) is 3.64. The molecule has 3 rings (SSSR count). The third-order valence-corrected chi connectivity index (χ3v) is 6.82. The van der Waals surface area contributed by atoms with Crippen molar-refractivity contribution in [2.24, 2.45) is 0 Å². The maximum absolute atomic E-state index is 14.2. The van der Waals surface area contributed by atoms with Crippen LogP contribution in [0.25, 0.3) is 0 Å². The molecule has 0 fully saturated rings. The Morgan fingerprint density at radius 1 is 0.789 bits per heavy atom. The molecule has 0 aromatic heterocycles. The summed E-state index contributed by atoms with van der Waals surface area (Å²) >= 11 is 0. The van der Waals surface area contributed by atoms with Gasteiger partial charge in [0.15, 0.2) is 6.79 Å². The van der Waals surface area contributed by atoms with Crippen molar-refractivity contribution in [1.29, 1.82) is 0 Å². The summed E-state index contributed by atoms with van der Waals surface area (Å²) in [5.74, 6) is -0.982. The minimum atomic E-state index is -2.93. The summed E-state index contributed by atoms with van der Waals surface area (Å²) in [5, 5.41) is 0. The van der Waals surface area contributed by atoms with Crippen molar-refractivity contribution in [1.82, 2.24) is 0 Å². The monoisotopic (exact) mass is 526 g/mol. The molecule has 0 amide bonds. The molecule has 3 aromatic carbocycles. The van der Waals surface area contributed by atoms with Gasteiger partial charge in [-0.2, -0.15) is 0 Å². The molecule has 6 nitrogen and oxygen atoms in total. The van der Waals surface area contributed by atoms with E-state index in [4.69, 9.17) is 18.9 Å². The molecule has 0 spiro atoms. The second-order valence-corrected chi connectivity index (χ2v) is 9.10. The average molecular weight is 527 g/mol. The van der Waals surface area contributed by atoms with Gasteiger partial charge in [-0.3, -0.25) is 0 Å². The van der Waals surface area contributed by atoms with Crippen LogP contribution in [0.1, 0.15) is 71.6 Å². The van der Waals surface area contributed by atoms with Gasteiger partial charge in [-0.05, 0) is 86.6 Å². The van der Waals surface area contributed by atoms with E-state index in [-0.39, 0.29) is 30.5 Å². The van der Waals surface area contributed by atoms with Crippen LogP contribution in [0.15, 0.2) is 36.4 Å². The van der Waals surface area contributed by atoms with Crippen LogP contribution >= 0.6 is 0 Å². The Hall–Kier alpha value is -3.78. The van der Waals surface area contributed by atoms with E-state index in [0.717, 1.165) is 5.56 Å². The van der Waals surface area contributed by atoms with Crippen LogP contribution in [0, 0.1) is 41.5 Å². The molecule has 3 aromatic rings. The number of esters is 2. The summed E-state index contributed by atoms with van der Waals surface area (Å²) in [6, 6.07) is 10.6. The zero-order valence-electron chi connectivity index (χ0n) is 22.7. The van der Waals surface area contributed by atoms with Gasteiger partial charge >= 0.3 is 11.9 Å². The topological polar surface area (TPSA) is 71.1 Å². The largest absolute Gasteiger partial charge is 0.489 e. The number of benzene rings is 3. The Labute approximate surface area is 221 Å². The lowest BCUT2D eigenvalue weighted by Gasteiger charge is -2.21. The van der Waals surface area contributed by atoms with Gasteiger partial charge in [-0.1, -0.05) is 30.3 Å². The number of hydrogen-bond acceptors (Lipinski definition) is 6. The van der Waals surface area contributed by atoms with E-state index >= 15 is 0 Å². The Morgan fingerprint density at radius 2 is 1.37 bits per heavy atom. The van der Waals surface area contributed by atoms with Gasteiger partial charge in [-0.15, -0.1) is 0 Å². The van der Waals surface area contributed by atoms with E-state index < -0.39 is 23.9 Å². The van der Waals surface area contributed by atoms with Gasteiger partial charge in [0.2, 0.25) is 0 Å². The zero-order valence-corrected chi connectivity index (χ0v) is 22.7. The lowest BCUT2D eigenvalue weighted by atomic mass is 9.92. The van der Waals surface area contributed by atoms with E-state index in [1.165, 1.54) is 13.2 Å². The van der Waals surface area contributed by atoms with Crippen LogP contribution in [0.5, 0.6) is 11.5 Å². The standard InChI is InChI=1S/C30H32F2O6/c1-16-17(2)26(23(28(31)32)13-24(16)36-14-22-11-9-8-10-12-22)30(34)38-27-20(5)18(3)25(19(4)21(27)6)29(33)37-15-35-7/h8-13,28H,14-15H2,1-7H3. The van der Waals surface area contributed by atoms with E-state index in [1.54, 1.807) is 41.5 Å². The number of rotatable bonds is 9. The van der Waals surface area contributed by atoms with Crippen molar-refractivity contribution in [2.75, 3.05) is 13.9 Å².